The number of piperidine rings is 1. The first-order valence-electron chi connectivity index (χ1n) is 11.6. The third-order valence-electron chi connectivity index (χ3n) is 6.77. The van der Waals surface area contributed by atoms with E-state index in [-0.39, 0.29) is 41.8 Å². The molecule has 0 spiro atoms. The van der Waals surface area contributed by atoms with Crippen molar-refractivity contribution in [1.82, 2.24) is 9.88 Å². The van der Waals surface area contributed by atoms with E-state index >= 15 is 0 Å². The van der Waals surface area contributed by atoms with Gasteiger partial charge in [-0.15, -0.1) is 0 Å². The summed E-state index contributed by atoms with van der Waals surface area (Å²) in [6.07, 6.45) is 5.04. The molecule has 1 saturated carbocycles. The van der Waals surface area contributed by atoms with Gasteiger partial charge in [-0.25, -0.2) is 4.79 Å². The number of carbonyl (C=O) groups excluding carboxylic acids is 1. The van der Waals surface area contributed by atoms with Crippen molar-refractivity contribution in [2.75, 3.05) is 0 Å². The lowest BCUT2D eigenvalue weighted by Gasteiger charge is -2.46. The number of hydrogen-bond acceptors (Lipinski definition) is 3. The zero-order valence-electron chi connectivity index (χ0n) is 18.9. The van der Waals surface area contributed by atoms with E-state index in [1.165, 1.54) is 0 Å². The van der Waals surface area contributed by atoms with Gasteiger partial charge in [0.05, 0.1) is 17.8 Å². The molecule has 0 bridgehead atoms. The normalized spacial score (nSPS) is 22.3. The number of hydrogen-bond donors (Lipinski definition) is 1. The molecule has 1 aliphatic carbocycles. The van der Waals surface area contributed by atoms with Crippen LogP contribution in [0.15, 0.2) is 84.6 Å². The monoisotopic (exact) mass is 506 g/mol. The maximum absolute atomic E-state index is 14.0. The Hall–Kier alpha value is -3.15. The number of aliphatic carboxylic acids is 1. The number of carboxylic acid groups (broad SMARTS) is 1. The first-order valence-corrected chi connectivity index (χ1v) is 12.4. The van der Waals surface area contributed by atoms with Crippen LogP contribution in [0.3, 0.4) is 0 Å². The fraction of sp³-hybridized carbons (Fsp3) is 0.250. The van der Waals surface area contributed by atoms with Crippen molar-refractivity contribution in [1.29, 1.82) is 0 Å². The Morgan fingerprint density at radius 2 is 1.77 bits per heavy atom. The molecule has 2 fully saturated rings. The summed E-state index contributed by atoms with van der Waals surface area (Å²) in [6.45, 7) is 0. The lowest BCUT2D eigenvalue weighted by atomic mass is 9.76. The molecule has 3 aromatic rings. The second-order valence-electron chi connectivity index (χ2n) is 9.12. The minimum Gasteiger partial charge on any atom is -0.478 e. The van der Waals surface area contributed by atoms with Crippen LogP contribution in [-0.4, -0.2) is 26.9 Å². The van der Waals surface area contributed by atoms with Crippen molar-refractivity contribution in [3.05, 3.63) is 111 Å². The zero-order chi connectivity index (χ0) is 24.5. The molecule has 5 rings (SSSR count). The van der Waals surface area contributed by atoms with Crippen LogP contribution in [-0.2, 0) is 9.59 Å². The highest BCUT2D eigenvalue weighted by atomic mass is 35.5. The van der Waals surface area contributed by atoms with E-state index in [2.05, 4.69) is 4.98 Å². The molecule has 1 saturated heterocycles. The van der Waals surface area contributed by atoms with E-state index < -0.39 is 5.97 Å². The summed E-state index contributed by atoms with van der Waals surface area (Å²) in [6, 6.07) is 20.2. The fourth-order valence-corrected chi connectivity index (χ4v) is 5.48. The number of benzene rings is 2. The van der Waals surface area contributed by atoms with Crippen LogP contribution < -0.4 is 0 Å². The molecule has 7 heteroatoms. The third-order valence-corrected chi connectivity index (χ3v) is 7.26. The van der Waals surface area contributed by atoms with Crippen LogP contribution in [0, 0.1) is 5.92 Å². The van der Waals surface area contributed by atoms with Gasteiger partial charge in [0.2, 0.25) is 0 Å². The molecule has 5 nitrogen and oxygen atoms in total. The van der Waals surface area contributed by atoms with Crippen LogP contribution >= 0.6 is 23.2 Å². The molecule has 1 amide bonds. The summed E-state index contributed by atoms with van der Waals surface area (Å²) in [4.78, 5) is 32.2. The smallest absolute Gasteiger partial charge is 0.328 e. The second kappa shape index (κ2) is 9.84. The molecule has 3 atom stereocenters. The highest BCUT2D eigenvalue weighted by Crippen LogP contribution is 2.53. The third kappa shape index (κ3) is 4.97. The number of aromatic nitrogens is 1. The van der Waals surface area contributed by atoms with Crippen molar-refractivity contribution < 1.29 is 14.7 Å². The summed E-state index contributed by atoms with van der Waals surface area (Å²) in [5.41, 5.74) is 2.96. The average molecular weight is 507 g/mol. The lowest BCUT2D eigenvalue weighted by molar-refractivity contribution is -0.138. The summed E-state index contributed by atoms with van der Waals surface area (Å²) in [7, 11) is 0. The first kappa shape index (κ1) is 23.6. The van der Waals surface area contributed by atoms with Gasteiger partial charge < -0.3 is 10.0 Å². The summed E-state index contributed by atoms with van der Waals surface area (Å²) in [5.74, 6) is -1.35. The van der Waals surface area contributed by atoms with Crippen molar-refractivity contribution in [2.24, 2.45) is 5.92 Å². The van der Waals surface area contributed by atoms with E-state index in [0.29, 0.717) is 10.0 Å². The second-order valence-corrected chi connectivity index (χ2v) is 9.99. The average Bonchev–Trinajstić information content (AvgIpc) is 3.68. The van der Waals surface area contributed by atoms with Crippen LogP contribution in [0.2, 0.25) is 10.0 Å². The first-order chi connectivity index (χ1) is 16.9. The molecule has 1 unspecified atom stereocenters. The number of halogens is 2. The number of likely N-dealkylation sites (tertiary alicyclic amines) is 1. The highest BCUT2D eigenvalue weighted by Gasteiger charge is 2.48. The number of carbonyl (C=O) groups is 2. The van der Waals surface area contributed by atoms with Crippen molar-refractivity contribution >= 4 is 35.1 Å². The molecule has 1 aliphatic heterocycles. The molecule has 35 heavy (non-hydrogen) atoms. The number of rotatable bonds is 6. The molecular formula is C28H24Cl2N2O3. The van der Waals surface area contributed by atoms with Gasteiger partial charge in [-0.2, -0.15) is 0 Å². The Bertz CT molecular complexity index is 1270. The molecule has 1 aromatic heterocycles. The minimum atomic E-state index is -1.14. The van der Waals surface area contributed by atoms with Gasteiger partial charge in [0, 0.05) is 33.8 Å². The molecular weight excluding hydrogens is 483 g/mol. The highest BCUT2D eigenvalue weighted by molar-refractivity contribution is 6.30. The molecule has 178 valence electrons. The summed E-state index contributed by atoms with van der Waals surface area (Å²) < 4.78 is 0. The summed E-state index contributed by atoms with van der Waals surface area (Å²) in [5, 5.41) is 10.8. The van der Waals surface area contributed by atoms with Gasteiger partial charge >= 0.3 is 5.97 Å². The van der Waals surface area contributed by atoms with Gasteiger partial charge in [-0.05, 0) is 72.7 Å². The molecule has 1 N–H and O–H groups in total. The lowest BCUT2D eigenvalue weighted by Crippen LogP contribution is -2.46. The maximum Gasteiger partial charge on any atom is 0.328 e. The van der Waals surface area contributed by atoms with Crippen LogP contribution in [0.5, 0.6) is 0 Å². The molecule has 2 aliphatic rings. The van der Waals surface area contributed by atoms with Crippen molar-refractivity contribution in [3.63, 3.8) is 0 Å². The Morgan fingerprint density at radius 1 is 1.00 bits per heavy atom. The van der Waals surface area contributed by atoms with Gasteiger partial charge in [0.1, 0.15) is 0 Å². The quantitative estimate of drug-likeness (QED) is 0.382. The van der Waals surface area contributed by atoms with Crippen LogP contribution in [0.1, 0.15) is 54.1 Å². The molecule has 0 radical (unpaired) electrons. The number of amides is 1. The van der Waals surface area contributed by atoms with Crippen molar-refractivity contribution in [2.45, 2.75) is 37.3 Å². The van der Waals surface area contributed by atoms with E-state index in [9.17, 15) is 14.7 Å². The van der Waals surface area contributed by atoms with E-state index in [1.807, 2.05) is 71.6 Å². The molecule has 2 heterocycles. The van der Waals surface area contributed by atoms with Gasteiger partial charge in [0.15, 0.2) is 0 Å². The van der Waals surface area contributed by atoms with Crippen LogP contribution in [0.4, 0.5) is 0 Å². The van der Waals surface area contributed by atoms with Gasteiger partial charge in [0.25, 0.3) is 5.91 Å². The number of nitrogens with zero attached hydrogens (tertiary/aromatic N) is 2. The minimum absolute atomic E-state index is 0.205. The van der Waals surface area contributed by atoms with Gasteiger partial charge in [-0.3, -0.25) is 9.78 Å². The Kier molecular flexibility index (Phi) is 6.63. The van der Waals surface area contributed by atoms with E-state index in [4.69, 9.17) is 23.2 Å². The Morgan fingerprint density at radius 3 is 2.40 bits per heavy atom. The topological polar surface area (TPSA) is 70.5 Å². The standard InChI is InChI=1S/C28H24Cl2N2O3/c29-21-11-9-17(10-12-21)26-23(19-4-3-5-22(30)14-19)15-20(16-25(33)34)28(35)32(26)27(18-7-8-18)24-6-1-2-13-31-24/h1-6,9-14,16,18,23,26-27H,7-8,15H2,(H,33,34)/b20-16+/t23-,26?,27+/m1/s1. The van der Waals surface area contributed by atoms with Gasteiger partial charge in [-0.1, -0.05) is 53.5 Å². The molecule has 2 aromatic carbocycles. The predicted octanol–water partition coefficient (Wildman–Crippen LogP) is 6.61. The SMILES string of the molecule is O=C(O)/C=C1\C[C@H](c2cccc(Cl)c2)C(c2ccc(Cl)cc2)N([C@H](c2ccccn2)C2CC2)C1=O. The van der Waals surface area contributed by atoms with E-state index in [1.54, 1.807) is 6.20 Å². The Labute approximate surface area is 214 Å². The largest absolute Gasteiger partial charge is 0.478 e. The van der Waals surface area contributed by atoms with Crippen molar-refractivity contribution in [3.8, 4) is 0 Å². The number of carboxylic acids is 1. The number of pyridine rings is 1. The van der Waals surface area contributed by atoms with Crippen LogP contribution in [0.25, 0.3) is 0 Å². The zero-order valence-corrected chi connectivity index (χ0v) is 20.4. The fourth-order valence-electron chi connectivity index (χ4n) is 5.16. The Balaban J connectivity index is 1.72. The summed E-state index contributed by atoms with van der Waals surface area (Å²) >= 11 is 12.6. The predicted molar refractivity (Wildman–Crippen MR) is 135 cm³/mol. The van der Waals surface area contributed by atoms with E-state index in [0.717, 1.165) is 35.7 Å². The maximum atomic E-state index is 14.0.